The van der Waals surface area contributed by atoms with Crippen LogP contribution in [0, 0.1) is 14.3 Å². The van der Waals surface area contributed by atoms with Gasteiger partial charge in [-0.25, -0.2) is 0 Å². The van der Waals surface area contributed by atoms with Gasteiger partial charge in [0.05, 0.1) is 18.0 Å². The van der Waals surface area contributed by atoms with Gasteiger partial charge in [-0.1, -0.05) is 30.0 Å². The molecule has 1 aliphatic carbocycles. The fraction of sp³-hybridized carbons (Fsp3) is 0. The smallest absolute Gasteiger partial charge is 0.871 e. The molecule has 0 saturated carbocycles. The van der Waals surface area contributed by atoms with Crippen molar-refractivity contribution in [2.75, 3.05) is 0 Å². The number of hydrogen-bond acceptors (Lipinski definition) is 5. The van der Waals surface area contributed by atoms with Crippen LogP contribution in [0.4, 0.5) is 0 Å². The number of fused-ring (bicyclic) bond motifs is 2. The summed E-state index contributed by atoms with van der Waals surface area (Å²) in [7, 11) is 0. The van der Waals surface area contributed by atoms with Crippen LogP contribution in [0.5, 0.6) is 5.75 Å². The molecule has 4 nitrogen and oxygen atoms in total. The molecule has 0 radical (unpaired) electrons. The molecule has 2 aromatic carbocycles. The Labute approximate surface area is 280 Å². The number of carboxylic acids is 1. The second-order valence-electron chi connectivity index (χ2n) is 6.07. The van der Waals surface area contributed by atoms with E-state index in [1.807, 2.05) is 90.4 Å². The van der Waals surface area contributed by atoms with Gasteiger partial charge in [0.2, 0.25) is 5.43 Å². The summed E-state index contributed by atoms with van der Waals surface area (Å²) in [5, 5.41) is 25.2. The van der Waals surface area contributed by atoms with Crippen LogP contribution in [0.2, 0.25) is 0 Å². The van der Waals surface area contributed by atoms with Crippen molar-refractivity contribution in [1.82, 2.24) is 0 Å². The van der Waals surface area contributed by atoms with Gasteiger partial charge in [0.1, 0.15) is 0 Å². The summed E-state index contributed by atoms with van der Waals surface area (Å²) in [6.45, 7) is 0. The number of halogens is 4. The molecule has 0 bridgehead atoms. The number of aromatic carboxylic acids is 1. The zero-order chi connectivity index (χ0) is 21.0. The van der Waals surface area contributed by atoms with Gasteiger partial charge in [-0.2, -0.15) is 0 Å². The number of carbonyl (C=O) groups is 1. The molecule has 2 aromatic rings. The molecule has 0 spiro atoms. The van der Waals surface area contributed by atoms with Crippen molar-refractivity contribution < 1.29 is 74.1 Å². The molecule has 1 heterocycles. The van der Waals surface area contributed by atoms with E-state index in [-0.39, 0.29) is 75.9 Å². The standard InChI is InChI=1S/C20H8I4O4S.2Na/c21-11-5-9-13(7-3-1-2-4-8(7)20(27)28)10-6-12(22)17(26)15(24)19(10)29-18(9)14(23)16(11)25;;/h1-6,25H,(H,27,28);;/q;2*+1/p-2. The first kappa shape index (κ1) is 29.0. The van der Waals surface area contributed by atoms with Gasteiger partial charge in [-0.15, -0.1) is 11.3 Å². The first-order valence-electron chi connectivity index (χ1n) is 7.96. The van der Waals surface area contributed by atoms with Crippen LogP contribution in [0.3, 0.4) is 0 Å². The zero-order valence-electron chi connectivity index (χ0n) is 16.0. The molecule has 0 amide bonds. The second-order valence-corrected chi connectivity index (χ2v) is 11.6. The van der Waals surface area contributed by atoms with Gasteiger partial charge in [-0.3, -0.25) is 4.79 Å². The number of carbonyl (C=O) groups excluding carboxylic acids is 1. The number of carboxylic acid groups (broad SMARTS) is 1. The molecule has 146 valence electrons. The van der Waals surface area contributed by atoms with Crippen molar-refractivity contribution in [3.05, 3.63) is 66.5 Å². The molecule has 0 atom stereocenters. The summed E-state index contributed by atoms with van der Waals surface area (Å²) >= 11 is 9.45. The van der Waals surface area contributed by atoms with Gasteiger partial charge >= 0.3 is 59.1 Å². The van der Waals surface area contributed by atoms with Crippen LogP contribution < -0.4 is 74.8 Å². The van der Waals surface area contributed by atoms with Crippen molar-refractivity contribution in [2.45, 2.75) is 0 Å². The molecular weight excluding hydrogens is 890 g/mol. The first-order chi connectivity index (χ1) is 13.7. The molecule has 1 aliphatic heterocycles. The summed E-state index contributed by atoms with van der Waals surface area (Å²) in [5.74, 6) is -1.35. The summed E-state index contributed by atoms with van der Waals surface area (Å²) in [6, 6.07) is 10.3. The van der Waals surface area contributed by atoms with Crippen molar-refractivity contribution in [1.29, 1.82) is 0 Å². The third kappa shape index (κ3) is 5.31. The SMILES string of the molecule is O=C([O-])c1ccccc1-c1c2cc(I)c(=O)c(I)c-2sc2c(I)c([O-])c(I)cc12.[Na+].[Na+]. The van der Waals surface area contributed by atoms with Gasteiger partial charge in [0.15, 0.2) is 0 Å². The minimum atomic E-state index is -1.27. The number of benzene rings is 3. The first-order valence-corrected chi connectivity index (χ1v) is 13.1. The van der Waals surface area contributed by atoms with Crippen LogP contribution >= 0.6 is 102 Å². The minimum absolute atomic E-state index is 0. The third-order valence-electron chi connectivity index (χ3n) is 4.42. The molecule has 2 aliphatic rings. The van der Waals surface area contributed by atoms with E-state index in [4.69, 9.17) is 0 Å². The predicted molar refractivity (Wildman–Crippen MR) is 145 cm³/mol. The Balaban J connectivity index is 0.00000171. The molecule has 0 unspecified atom stereocenters. The van der Waals surface area contributed by atoms with E-state index in [0.717, 1.165) is 20.5 Å². The van der Waals surface area contributed by atoms with E-state index in [0.29, 0.717) is 25.4 Å². The van der Waals surface area contributed by atoms with Crippen LogP contribution in [0.1, 0.15) is 10.4 Å². The fourth-order valence-electron chi connectivity index (χ4n) is 3.16. The minimum Gasteiger partial charge on any atom is -0.871 e. The molecule has 0 fully saturated rings. The summed E-state index contributed by atoms with van der Waals surface area (Å²) in [4.78, 5) is 25.1. The van der Waals surface area contributed by atoms with Gasteiger partial charge in [-0.05, 0) is 114 Å². The van der Waals surface area contributed by atoms with Crippen LogP contribution in [0.15, 0.2) is 41.2 Å². The topological polar surface area (TPSA) is 80.3 Å². The van der Waals surface area contributed by atoms with Gasteiger partial charge in [0, 0.05) is 28.4 Å². The van der Waals surface area contributed by atoms with Crippen molar-refractivity contribution in [3.63, 3.8) is 0 Å². The summed E-state index contributed by atoms with van der Waals surface area (Å²) in [5.41, 5.74) is 1.98. The maximum absolute atomic E-state index is 12.6. The molecule has 4 rings (SSSR count). The largest absolute Gasteiger partial charge is 1.00 e. The Hall–Kier alpha value is 1.74. The van der Waals surface area contributed by atoms with Gasteiger partial charge in [0.25, 0.3) is 0 Å². The average molecular weight is 896 g/mol. The number of hydrogen-bond donors (Lipinski definition) is 0. The van der Waals surface area contributed by atoms with E-state index < -0.39 is 5.97 Å². The van der Waals surface area contributed by atoms with Crippen molar-refractivity contribution in [3.8, 4) is 27.3 Å². The van der Waals surface area contributed by atoms with E-state index in [9.17, 15) is 19.8 Å². The monoisotopic (exact) mass is 896 g/mol. The fourth-order valence-corrected chi connectivity index (χ4v) is 8.28. The van der Waals surface area contributed by atoms with E-state index >= 15 is 0 Å². The summed E-state index contributed by atoms with van der Waals surface area (Å²) in [6.07, 6.45) is 0. The van der Waals surface area contributed by atoms with Crippen molar-refractivity contribution >= 4 is 118 Å². The Morgan fingerprint density at radius 3 is 2.19 bits per heavy atom. The van der Waals surface area contributed by atoms with Gasteiger partial charge < -0.3 is 15.0 Å². The quantitative estimate of drug-likeness (QED) is 0.146. The van der Waals surface area contributed by atoms with Crippen LogP contribution in [-0.2, 0) is 0 Å². The van der Waals surface area contributed by atoms with E-state index in [1.54, 1.807) is 30.3 Å². The van der Waals surface area contributed by atoms with Crippen LogP contribution in [-0.4, -0.2) is 5.97 Å². The normalized spacial score (nSPS) is 10.6. The second kappa shape index (κ2) is 11.6. The zero-order valence-corrected chi connectivity index (χ0v) is 29.5. The Morgan fingerprint density at radius 1 is 0.903 bits per heavy atom. The number of rotatable bonds is 2. The Kier molecular flexibility index (Phi) is 10.9. The van der Waals surface area contributed by atoms with Crippen LogP contribution in [0.25, 0.3) is 31.7 Å². The molecule has 0 aromatic heterocycles. The van der Waals surface area contributed by atoms with E-state index in [1.165, 1.54) is 17.4 Å². The molecule has 0 N–H and O–H groups in total. The third-order valence-corrected chi connectivity index (χ3v) is 10.1. The maximum Gasteiger partial charge on any atom is 1.00 e. The molecular formula is C20H6I4Na2O4S. The van der Waals surface area contributed by atoms with Crippen molar-refractivity contribution in [2.24, 2.45) is 0 Å². The average Bonchev–Trinajstić information content (AvgIpc) is 2.69. The molecule has 31 heavy (non-hydrogen) atoms. The predicted octanol–water partition coefficient (Wildman–Crippen LogP) is -1.10. The molecule has 0 saturated heterocycles. The maximum atomic E-state index is 12.6. The van der Waals surface area contributed by atoms with E-state index in [2.05, 4.69) is 0 Å². The molecule has 11 heteroatoms. The Morgan fingerprint density at radius 2 is 1.55 bits per heavy atom. The summed E-state index contributed by atoms with van der Waals surface area (Å²) < 4.78 is 2.98. The Bertz CT molecular complexity index is 1370.